The standard InChI is InChI=1S/C18H19BrN2O2/c1-3-14-7-9-16(10-8-14)20-18(23)12-21(13(2)22)17-6-4-5-15(19)11-17/h4-11H,3,12H2,1-2H3,(H,20,23). The van der Waals surface area contributed by atoms with Crippen molar-refractivity contribution in [2.45, 2.75) is 20.3 Å². The molecule has 0 unspecified atom stereocenters. The minimum absolute atomic E-state index is 0.0265. The van der Waals surface area contributed by atoms with E-state index in [-0.39, 0.29) is 18.4 Å². The number of nitrogens with one attached hydrogen (secondary N) is 1. The van der Waals surface area contributed by atoms with Crippen LogP contribution in [-0.4, -0.2) is 18.4 Å². The Morgan fingerprint density at radius 2 is 1.83 bits per heavy atom. The van der Waals surface area contributed by atoms with Crippen molar-refractivity contribution < 1.29 is 9.59 Å². The van der Waals surface area contributed by atoms with Crippen molar-refractivity contribution >= 4 is 39.1 Å². The summed E-state index contributed by atoms with van der Waals surface area (Å²) < 4.78 is 0.858. The van der Waals surface area contributed by atoms with E-state index >= 15 is 0 Å². The van der Waals surface area contributed by atoms with Gasteiger partial charge in [0.15, 0.2) is 0 Å². The largest absolute Gasteiger partial charge is 0.325 e. The summed E-state index contributed by atoms with van der Waals surface area (Å²) in [6.45, 7) is 3.50. The van der Waals surface area contributed by atoms with Crippen LogP contribution in [0, 0.1) is 0 Å². The topological polar surface area (TPSA) is 49.4 Å². The molecule has 120 valence electrons. The normalized spacial score (nSPS) is 10.2. The molecule has 0 bridgehead atoms. The van der Waals surface area contributed by atoms with Gasteiger partial charge in [0.2, 0.25) is 11.8 Å². The Bertz CT molecular complexity index is 698. The van der Waals surface area contributed by atoms with Gasteiger partial charge in [-0.15, -0.1) is 0 Å². The van der Waals surface area contributed by atoms with E-state index in [0.717, 1.165) is 16.6 Å². The van der Waals surface area contributed by atoms with Gasteiger partial charge in [0.1, 0.15) is 6.54 Å². The van der Waals surface area contributed by atoms with Gasteiger partial charge in [-0.2, -0.15) is 0 Å². The quantitative estimate of drug-likeness (QED) is 0.859. The molecule has 0 aliphatic rings. The van der Waals surface area contributed by atoms with Crippen molar-refractivity contribution in [2.24, 2.45) is 0 Å². The van der Waals surface area contributed by atoms with Crippen molar-refractivity contribution in [3.8, 4) is 0 Å². The Hall–Kier alpha value is -2.14. The fourth-order valence-electron chi connectivity index (χ4n) is 2.20. The molecule has 0 fully saturated rings. The van der Waals surface area contributed by atoms with E-state index in [9.17, 15) is 9.59 Å². The summed E-state index contributed by atoms with van der Waals surface area (Å²) in [6, 6.07) is 15.0. The van der Waals surface area contributed by atoms with Gasteiger partial charge in [0.05, 0.1) is 0 Å². The third-order valence-electron chi connectivity index (χ3n) is 3.45. The first-order valence-corrected chi connectivity index (χ1v) is 8.21. The van der Waals surface area contributed by atoms with Crippen LogP contribution in [0.3, 0.4) is 0 Å². The molecule has 2 aromatic carbocycles. The van der Waals surface area contributed by atoms with Crippen LogP contribution >= 0.6 is 15.9 Å². The molecule has 1 N–H and O–H groups in total. The summed E-state index contributed by atoms with van der Waals surface area (Å²) in [5.41, 5.74) is 2.62. The molecule has 0 heterocycles. The lowest BCUT2D eigenvalue weighted by Gasteiger charge is -2.21. The Labute approximate surface area is 144 Å². The lowest BCUT2D eigenvalue weighted by Crippen LogP contribution is -2.36. The number of halogens is 1. The highest BCUT2D eigenvalue weighted by Gasteiger charge is 2.16. The lowest BCUT2D eigenvalue weighted by molar-refractivity contribution is -0.120. The van der Waals surface area contributed by atoms with E-state index in [1.807, 2.05) is 42.5 Å². The van der Waals surface area contributed by atoms with E-state index in [4.69, 9.17) is 0 Å². The highest BCUT2D eigenvalue weighted by Crippen LogP contribution is 2.20. The molecule has 2 aromatic rings. The smallest absolute Gasteiger partial charge is 0.244 e. The molecule has 0 aromatic heterocycles. The van der Waals surface area contributed by atoms with E-state index in [0.29, 0.717) is 5.69 Å². The average molecular weight is 375 g/mol. The highest BCUT2D eigenvalue weighted by atomic mass is 79.9. The fourth-order valence-corrected chi connectivity index (χ4v) is 2.58. The van der Waals surface area contributed by atoms with Crippen LogP contribution in [0.1, 0.15) is 19.4 Å². The maximum atomic E-state index is 12.2. The van der Waals surface area contributed by atoms with E-state index in [1.54, 1.807) is 6.07 Å². The van der Waals surface area contributed by atoms with Gasteiger partial charge in [0, 0.05) is 22.8 Å². The van der Waals surface area contributed by atoms with Crippen LogP contribution in [0.25, 0.3) is 0 Å². The molecular weight excluding hydrogens is 356 g/mol. The number of hydrogen-bond acceptors (Lipinski definition) is 2. The molecule has 0 aliphatic carbocycles. The number of benzene rings is 2. The SMILES string of the molecule is CCc1ccc(NC(=O)CN(C(C)=O)c2cccc(Br)c2)cc1. The predicted octanol–water partition coefficient (Wildman–Crippen LogP) is 4.00. The average Bonchev–Trinajstić information content (AvgIpc) is 2.53. The molecule has 0 spiro atoms. The van der Waals surface area contributed by atoms with E-state index in [1.165, 1.54) is 17.4 Å². The number of amides is 2. The van der Waals surface area contributed by atoms with Gasteiger partial charge in [-0.1, -0.05) is 41.1 Å². The molecule has 0 saturated heterocycles. The van der Waals surface area contributed by atoms with Crippen LogP contribution in [0.15, 0.2) is 53.0 Å². The summed E-state index contributed by atoms with van der Waals surface area (Å²) in [7, 11) is 0. The summed E-state index contributed by atoms with van der Waals surface area (Å²) in [4.78, 5) is 25.5. The monoisotopic (exact) mass is 374 g/mol. The summed E-state index contributed by atoms with van der Waals surface area (Å²) >= 11 is 3.37. The van der Waals surface area contributed by atoms with Gasteiger partial charge in [0.25, 0.3) is 0 Å². The van der Waals surface area contributed by atoms with E-state index in [2.05, 4.69) is 28.2 Å². The Morgan fingerprint density at radius 1 is 1.13 bits per heavy atom. The van der Waals surface area contributed by atoms with Crippen LogP contribution < -0.4 is 10.2 Å². The van der Waals surface area contributed by atoms with Gasteiger partial charge < -0.3 is 10.2 Å². The molecule has 23 heavy (non-hydrogen) atoms. The molecule has 0 radical (unpaired) electrons. The second kappa shape index (κ2) is 7.92. The first-order chi connectivity index (χ1) is 11.0. The van der Waals surface area contributed by atoms with Crippen LogP contribution in [0.5, 0.6) is 0 Å². The van der Waals surface area contributed by atoms with Crippen LogP contribution in [0.2, 0.25) is 0 Å². The van der Waals surface area contributed by atoms with E-state index < -0.39 is 0 Å². The first-order valence-electron chi connectivity index (χ1n) is 7.42. The Kier molecular flexibility index (Phi) is 5.93. The minimum Gasteiger partial charge on any atom is -0.325 e. The Morgan fingerprint density at radius 3 is 2.39 bits per heavy atom. The van der Waals surface area contributed by atoms with Gasteiger partial charge in [-0.3, -0.25) is 9.59 Å². The van der Waals surface area contributed by atoms with Gasteiger partial charge >= 0.3 is 0 Å². The number of nitrogens with zero attached hydrogens (tertiary/aromatic N) is 1. The number of anilines is 2. The second-order valence-corrected chi connectivity index (χ2v) is 6.10. The first kappa shape index (κ1) is 17.2. The van der Waals surface area contributed by atoms with Crippen molar-refractivity contribution in [3.63, 3.8) is 0 Å². The summed E-state index contributed by atoms with van der Waals surface area (Å²) in [5.74, 6) is -0.413. The maximum Gasteiger partial charge on any atom is 0.244 e. The number of carbonyl (C=O) groups is 2. The molecule has 2 rings (SSSR count). The van der Waals surface area contributed by atoms with Crippen LogP contribution in [0.4, 0.5) is 11.4 Å². The lowest BCUT2D eigenvalue weighted by atomic mass is 10.1. The molecule has 4 nitrogen and oxygen atoms in total. The number of hydrogen-bond donors (Lipinski definition) is 1. The number of aryl methyl sites for hydroxylation is 1. The zero-order valence-corrected chi connectivity index (χ0v) is 14.8. The van der Waals surface area contributed by atoms with Gasteiger partial charge in [-0.05, 0) is 42.3 Å². The Balaban J connectivity index is 2.07. The number of rotatable bonds is 5. The van der Waals surface area contributed by atoms with Crippen molar-refractivity contribution in [2.75, 3.05) is 16.8 Å². The summed E-state index contributed by atoms with van der Waals surface area (Å²) in [5, 5.41) is 2.82. The molecule has 0 saturated carbocycles. The highest BCUT2D eigenvalue weighted by molar-refractivity contribution is 9.10. The van der Waals surface area contributed by atoms with Crippen molar-refractivity contribution in [1.82, 2.24) is 0 Å². The van der Waals surface area contributed by atoms with Gasteiger partial charge in [-0.25, -0.2) is 0 Å². The summed E-state index contributed by atoms with van der Waals surface area (Å²) in [6.07, 6.45) is 0.954. The predicted molar refractivity (Wildman–Crippen MR) is 96.6 cm³/mol. The molecule has 5 heteroatoms. The third kappa shape index (κ3) is 4.93. The molecular formula is C18H19BrN2O2. The maximum absolute atomic E-state index is 12.2. The number of carbonyl (C=O) groups excluding carboxylic acids is 2. The fraction of sp³-hybridized carbons (Fsp3) is 0.222. The molecule has 2 amide bonds. The molecule has 0 aliphatic heterocycles. The minimum atomic E-state index is -0.232. The van der Waals surface area contributed by atoms with Crippen molar-refractivity contribution in [3.05, 3.63) is 58.6 Å². The zero-order chi connectivity index (χ0) is 16.8. The third-order valence-corrected chi connectivity index (χ3v) is 3.94. The molecule has 0 atom stereocenters. The zero-order valence-electron chi connectivity index (χ0n) is 13.2. The second-order valence-electron chi connectivity index (χ2n) is 5.18. The van der Waals surface area contributed by atoms with Crippen molar-refractivity contribution in [1.29, 1.82) is 0 Å². The van der Waals surface area contributed by atoms with Crippen LogP contribution in [-0.2, 0) is 16.0 Å².